The molecule has 0 bridgehead atoms. The van der Waals surface area contributed by atoms with E-state index in [2.05, 4.69) is 25.6 Å². The number of ether oxygens (including phenoxy) is 2. The highest BCUT2D eigenvalue weighted by Crippen LogP contribution is 2.39. The maximum Gasteiger partial charge on any atom is 0.330 e. The molecule has 5 heteroatoms. The molecule has 1 aliphatic rings. The van der Waals surface area contributed by atoms with Crippen LogP contribution in [0, 0.1) is 11.7 Å². The van der Waals surface area contributed by atoms with Gasteiger partial charge in [-0.25, -0.2) is 9.18 Å². The topological polar surface area (TPSA) is 55.8 Å². The lowest BCUT2D eigenvalue weighted by molar-refractivity contribution is -0.138. The second-order valence-electron chi connectivity index (χ2n) is 10.7. The van der Waals surface area contributed by atoms with Crippen LogP contribution < -0.4 is 4.74 Å². The van der Waals surface area contributed by atoms with Gasteiger partial charge in [-0.15, -0.1) is 0 Å². The quantitative estimate of drug-likeness (QED) is 0.133. The first-order chi connectivity index (χ1) is 19.5. The Labute approximate surface area is 237 Å². The summed E-state index contributed by atoms with van der Waals surface area (Å²) < 4.78 is 26.0. The number of aliphatic hydroxyl groups excluding tert-OH is 1. The van der Waals surface area contributed by atoms with Crippen LogP contribution in [0.1, 0.15) is 75.3 Å². The summed E-state index contributed by atoms with van der Waals surface area (Å²) in [6.07, 6.45) is 11.6. The molecule has 3 aromatic carbocycles. The van der Waals surface area contributed by atoms with Gasteiger partial charge < -0.3 is 14.6 Å². The third-order valence-electron chi connectivity index (χ3n) is 8.05. The predicted molar refractivity (Wildman–Crippen MR) is 159 cm³/mol. The van der Waals surface area contributed by atoms with Crippen molar-refractivity contribution in [3.05, 3.63) is 90.3 Å². The first-order valence-corrected chi connectivity index (χ1v) is 14.6. The van der Waals surface area contributed by atoms with Gasteiger partial charge in [-0.1, -0.05) is 87.7 Å². The number of benzene rings is 3. The zero-order valence-corrected chi connectivity index (χ0v) is 23.5. The van der Waals surface area contributed by atoms with Gasteiger partial charge in [0.05, 0.1) is 6.61 Å². The minimum absolute atomic E-state index is 0.0579. The van der Waals surface area contributed by atoms with Crippen LogP contribution >= 0.6 is 0 Å². The van der Waals surface area contributed by atoms with Crippen molar-refractivity contribution in [2.75, 3.05) is 13.2 Å². The lowest BCUT2D eigenvalue weighted by Crippen LogP contribution is -2.13. The largest absolute Gasteiger partial charge is 0.490 e. The number of halogens is 1. The molecule has 0 spiro atoms. The fourth-order valence-corrected chi connectivity index (χ4v) is 5.68. The second kappa shape index (κ2) is 14.8. The van der Waals surface area contributed by atoms with Gasteiger partial charge in [0.15, 0.2) is 0 Å². The number of aliphatic hydroxyl groups is 1. The molecule has 0 radical (unpaired) electrons. The average molecular weight is 545 g/mol. The molecule has 0 amide bonds. The average Bonchev–Trinajstić information content (AvgIpc) is 2.99. The highest BCUT2D eigenvalue weighted by Gasteiger charge is 2.22. The van der Waals surface area contributed by atoms with E-state index in [4.69, 9.17) is 9.47 Å². The Morgan fingerprint density at radius 2 is 1.65 bits per heavy atom. The molecule has 0 aromatic heterocycles. The van der Waals surface area contributed by atoms with Crippen LogP contribution in [0.4, 0.5) is 4.39 Å². The predicted octanol–water partition coefficient (Wildman–Crippen LogP) is 8.61. The standard InChI is InChI=1S/C35H41FO4/c1-3-5-6-7-25-8-10-26(11-9-25)27-12-14-28(15-13-27)32-19-18-29(22-33(32)36)30-16-17-31(24-37)34(23-30)39-20-21-40-35(38)4-2/h4,12-19,22-23,25-26,37H,2-3,5-11,20-21,24H2,1H3. The first kappa shape index (κ1) is 29.5. The highest BCUT2D eigenvalue weighted by molar-refractivity contribution is 5.81. The molecule has 3 aromatic rings. The Morgan fingerprint density at radius 3 is 2.33 bits per heavy atom. The van der Waals surface area contributed by atoms with E-state index in [0.29, 0.717) is 28.4 Å². The second-order valence-corrected chi connectivity index (χ2v) is 10.7. The minimum Gasteiger partial charge on any atom is -0.490 e. The number of esters is 1. The van der Waals surface area contributed by atoms with Crippen molar-refractivity contribution in [1.29, 1.82) is 0 Å². The Hall–Kier alpha value is -3.44. The molecular weight excluding hydrogens is 503 g/mol. The van der Waals surface area contributed by atoms with Gasteiger partial charge in [0.1, 0.15) is 24.8 Å². The Balaban J connectivity index is 1.40. The molecule has 4 rings (SSSR count). The number of unbranched alkanes of at least 4 members (excludes halogenated alkanes) is 2. The number of carbonyl (C=O) groups is 1. The molecule has 4 nitrogen and oxygen atoms in total. The summed E-state index contributed by atoms with van der Waals surface area (Å²) >= 11 is 0. The molecule has 0 unspecified atom stereocenters. The molecule has 0 aliphatic heterocycles. The highest BCUT2D eigenvalue weighted by atomic mass is 19.1. The van der Waals surface area contributed by atoms with Crippen LogP contribution in [-0.2, 0) is 16.1 Å². The van der Waals surface area contributed by atoms with E-state index in [9.17, 15) is 9.90 Å². The molecule has 0 saturated heterocycles. The van der Waals surface area contributed by atoms with E-state index in [1.807, 2.05) is 30.3 Å². The van der Waals surface area contributed by atoms with Gasteiger partial charge in [-0.3, -0.25) is 0 Å². The van der Waals surface area contributed by atoms with E-state index in [-0.39, 0.29) is 25.6 Å². The van der Waals surface area contributed by atoms with E-state index < -0.39 is 5.97 Å². The number of rotatable bonds is 13. The molecular formula is C35H41FO4. The van der Waals surface area contributed by atoms with Gasteiger partial charge in [-0.05, 0) is 71.9 Å². The lowest BCUT2D eigenvalue weighted by Gasteiger charge is -2.29. The van der Waals surface area contributed by atoms with Crippen LogP contribution in [0.25, 0.3) is 22.3 Å². The van der Waals surface area contributed by atoms with Gasteiger partial charge in [0.25, 0.3) is 0 Å². The molecule has 212 valence electrons. The smallest absolute Gasteiger partial charge is 0.330 e. The molecule has 0 heterocycles. The third-order valence-corrected chi connectivity index (χ3v) is 8.05. The summed E-state index contributed by atoms with van der Waals surface area (Å²) in [6.45, 7) is 5.60. The number of hydrogen-bond donors (Lipinski definition) is 1. The number of hydrogen-bond acceptors (Lipinski definition) is 4. The molecule has 1 aliphatic carbocycles. The van der Waals surface area contributed by atoms with Gasteiger partial charge in [0.2, 0.25) is 0 Å². The third kappa shape index (κ3) is 7.82. The Bertz CT molecular complexity index is 1260. The lowest BCUT2D eigenvalue weighted by atomic mass is 9.77. The summed E-state index contributed by atoms with van der Waals surface area (Å²) in [5.41, 5.74) is 4.88. The summed E-state index contributed by atoms with van der Waals surface area (Å²) in [4.78, 5) is 11.2. The summed E-state index contributed by atoms with van der Waals surface area (Å²) in [6, 6.07) is 19.0. The van der Waals surface area contributed by atoms with Crippen molar-refractivity contribution in [2.24, 2.45) is 5.92 Å². The summed E-state index contributed by atoms with van der Waals surface area (Å²) in [7, 11) is 0. The van der Waals surface area contributed by atoms with Crippen LogP contribution in [-0.4, -0.2) is 24.3 Å². The monoisotopic (exact) mass is 544 g/mol. The van der Waals surface area contributed by atoms with E-state index in [1.54, 1.807) is 12.1 Å². The van der Waals surface area contributed by atoms with Crippen LogP contribution in [0.5, 0.6) is 5.75 Å². The van der Waals surface area contributed by atoms with E-state index in [0.717, 1.165) is 23.1 Å². The van der Waals surface area contributed by atoms with Crippen molar-refractivity contribution in [1.82, 2.24) is 0 Å². The van der Waals surface area contributed by atoms with Crippen molar-refractivity contribution in [3.8, 4) is 28.0 Å². The fourth-order valence-electron chi connectivity index (χ4n) is 5.68. The molecule has 1 saturated carbocycles. The van der Waals surface area contributed by atoms with Crippen molar-refractivity contribution in [2.45, 2.75) is 70.8 Å². The number of carbonyl (C=O) groups excluding carboxylic acids is 1. The molecule has 0 atom stereocenters. The first-order valence-electron chi connectivity index (χ1n) is 14.6. The Kier molecular flexibility index (Phi) is 10.9. The van der Waals surface area contributed by atoms with E-state index in [1.165, 1.54) is 63.0 Å². The van der Waals surface area contributed by atoms with Crippen LogP contribution in [0.3, 0.4) is 0 Å². The van der Waals surface area contributed by atoms with Crippen molar-refractivity contribution < 1.29 is 23.8 Å². The maximum atomic E-state index is 15.3. The molecule has 40 heavy (non-hydrogen) atoms. The summed E-state index contributed by atoms with van der Waals surface area (Å²) in [5.74, 6) is 1.15. The van der Waals surface area contributed by atoms with Gasteiger partial charge >= 0.3 is 5.97 Å². The maximum absolute atomic E-state index is 15.3. The van der Waals surface area contributed by atoms with E-state index >= 15 is 4.39 Å². The zero-order valence-electron chi connectivity index (χ0n) is 23.5. The Morgan fingerprint density at radius 1 is 0.950 bits per heavy atom. The van der Waals surface area contributed by atoms with Crippen molar-refractivity contribution in [3.63, 3.8) is 0 Å². The molecule has 1 N–H and O–H groups in total. The van der Waals surface area contributed by atoms with Crippen LogP contribution in [0.2, 0.25) is 0 Å². The molecule has 1 fully saturated rings. The normalized spacial score (nSPS) is 16.9. The van der Waals surface area contributed by atoms with Gasteiger partial charge in [-0.2, -0.15) is 0 Å². The van der Waals surface area contributed by atoms with Gasteiger partial charge in [0, 0.05) is 17.2 Å². The van der Waals surface area contributed by atoms with Crippen molar-refractivity contribution >= 4 is 5.97 Å². The fraction of sp³-hybridized carbons (Fsp3) is 0.400. The summed E-state index contributed by atoms with van der Waals surface area (Å²) in [5, 5.41) is 9.68. The van der Waals surface area contributed by atoms with Crippen LogP contribution in [0.15, 0.2) is 73.3 Å². The SMILES string of the molecule is C=CC(=O)OCCOc1cc(-c2ccc(-c3ccc(C4CCC(CCCCC)CC4)cc3)c(F)c2)ccc1CO. The minimum atomic E-state index is -0.523. The zero-order chi connectivity index (χ0) is 28.3.